The Labute approximate surface area is 134 Å². The molecule has 0 spiro atoms. The fourth-order valence-electron chi connectivity index (χ4n) is 1.84. The molecule has 0 aromatic heterocycles. The quantitative estimate of drug-likeness (QED) is 0.605. The number of amides is 2. The SMILES string of the molecule is COC(=O)C(C)N1C(=O)SC(=Cc2cccc(Br)c2)C1=O. The van der Waals surface area contributed by atoms with Gasteiger partial charge in [0.15, 0.2) is 0 Å². The zero-order chi connectivity index (χ0) is 15.6. The van der Waals surface area contributed by atoms with Gasteiger partial charge in [0.05, 0.1) is 12.0 Å². The molecule has 1 saturated heterocycles. The molecule has 21 heavy (non-hydrogen) atoms. The molecule has 0 bridgehead atoms. The Kier molecular flexibility index (Phi) is 4.84. The number of methoxy groups -OCH3 is 1. The van der Waals surface area contributed by atoms with Crippen LogP contribution in [-0.4, -0.2) is 35.2 Å². The fourth-order valence-corrected chi connectivity index (χ4v) is 3.16. The molecule has 1 fully saturated rings. The van der Waals surface area contributed by atoms with Crippen molar-refractivity contribution in [3.63, 3.8) is 0 Å². The summed E-state index contributed by atoms with van der Waals surface area (Å²) < 4.78 is 5.44. The number of hydrogen-bond acceptors (Lipinski definition) is 5. The van der Waals surface area contributed by atoms with E-state index < -0.39 is 23.2 Å². The summed E-state index contributed by atoms with van der Waals surface area (Å²) in [6.45, 7) is 1.46. The van der Waals surface area contributed by atoms with Gasteiger partial charge in [-0.05, 0) is 42.5 Å². The van der Waals surface area contributed by atoms with Crippen molar-refractivity contribution in [2.75, 3.05) is 7.11 Å². The highest BCUT2D eigenvalue weighted by Gasteiger charge is 2.41. The van der Waals surface area contributed by atoms with Gasteiger partial charge in [0.2, 0.25) is 0 Å². The van der Waals surface area contributed by atoms with Crippen LogP contribution in [0.3, 0.4) is 0 Å². The van der Waals surface area contributed by atoms with Crippen molar-refractivity contribution < 1.29 is 19.1 Å². The summed E-state index contributed by atoms with van der Waals surface area (Å²) in [6.07, 6.45) is 1.62. The lowest BCUT2D eigenvalue weighted by molar-refractivity contribution is -0.148. The highest BCUT2D eigenvalue weighted by Crippen LogP contribution is 2.34. The van der Waals surface area contributed by atoms with E-state index in [0.29, 0.717) is 0 Å². The molecule has 1 aliphatic heterocycles. The highest BCUT2D eigenvalue weighted by atomic mass is 79.9. The molecule has 7 heteroatoms. The predicted octanol–water partition coefficient (Wildman–Crippen LogP) is 3.05. The lowest BCUT2D eigenvalue weighted by Gasteiger charge is -2.18. The predicted molar refractivity (Wildman–Crippen MR) is 83.4 cm³/mol. The van der Waals surface area contributed by atoms with Gasteiger partial charge < -0.3 is 4.74 Å². The molecule has 0 N–H and O–H groups in total. The van der Waals surface area contributed by atoms with Gasteiger partial charge in [-0.25, -0.2) is 4.79 Å². The minimum Gasteiger partial charge on any atom is -0.467 e. The minimum absolute atomic E-state index is 0.286. The molecule has 0 saturated carbocycles. The van der Waals surface area contributed by atoms with Crippen molar-refractivity contribution in [3.05, 3.63) is 39.2 Å². The van der Waals surface area contributed by atoms with Gasteiger partial charge in [0.25, 0.3) is 11.1 Å². The number of carbonyl (C=O) groups is 3. The van der Waals surface area contributed by atoms with Gasteiger partial charge in [-0.15, -0.1) is 0 Å². The third-order valence-electron chi connectivity index (χ3n) is 2.90. The van der Waals surface area contributed by atoms with Crippen LogP contribution in [0, 0.1) is 0 Å². The van der Waals surface area contributed by atoms with Crippen LogP contribution in [0.4, 0.5) is 4.79 Å². The Morgan fingerprint density at radius 1 is 1.43 bits per heavy atom. The molecule has 110 valence electrons. The first kappa shape index (κ1) is 15.8. The molecule has 5 nitrogen and oxygen atoms in total. The molecular formula is C14H12BrNO4S. The largest absolute Gasteiger partial charge is 0.467 e. The van der Waals surface area contributed by atoms with Crippen LogP contribution < -0.4 is 0 Å². The van der Waals surface area contributed by atoms with E-state index in [1.807, 2.05) is 24.3 Å². The Morgan fingerprint density at radius 3 is 2.76 bits per heavy atom. The number of ether oxygens (including phenoxy) is 1. The molecule has 1 aromatic carbocycles. The van der Waals surface area contributed by atoms with Crippen LogP contribution in [0.5, 0.6) is 0 Å². The molecular weight excluding hydrogens is 358 g/mol. The Bertz CT molecular complexity index is 644. The molecule has 2 amide bonds. The van der Waals surface area contributed by atoms with Crippen molar-refractivity contribution in [2.45, 2.75) is 13.0 Å². The Morgan fingerprint density at radius 2 is 2.14 bits per heavy atom. The average molecular weight is 370 g/mol. The average Bonchev–Trinajstić information content (AvgIpc) is 2.72. The van der Waals surface area contributed by atoms with Gasteiger partial charge in [-0.3, -0.25) is 14.5 Å². The maximum absolute atomic E-state index is 12.3. The second-order valence-corrected chi connectivity index (χ2v) is 6.21. The van der Waals surface area contributed by atoms with Gasteiger partial charge in [0.1, 0.15) is 6.04 Å². The van der Waals surface area contributed by atoms with Crippen LogP contribution in [0.2, 0.25) is 0 Å². The van der Waals surface area contributed by atoms with E-state index in [4.69, 9.17) is 0 Å². The molecule has 0 aliphatic carbocycles. The van der Waals surface area contributed by atoms with Crippen molar-refractivity contribution in [3.8, 4) is 0 Å². The summed E-state index contributed by atoms with van der Waals surface area (Å²) in [5, 5.41) is -0.473. The zero-order valence-electron chi connectivity index (χ0n) is 11.3. The Hall–Kier alpha value is -1.60. The zero-order valence-corrected chi connectivity index (χ0v) is 13.7. The van der Waals surface area contributed by atoms with E-state index in [1.165, 1.54) is 14.0 Å². The molecule has 1 unspecified atom stereocenters. The van der Waals surface area contributed by atoms with Crippen molar-refractivity contribution in [2.24, 2.45) is 0 Å². The van der Waals surface area contributed by atoms with Crippen LogP contribution in [0.15, 0.2) is 33.6 Å². The second-order valence-electron chi connectivity index (χ2n) is 4.31. The van der Waals surface area contributed by atoms with Gasteiger partial charge in [-0.1, -0.05) is 28.1 Å². The topological polar surface area (TPSA) is 63.7 Å². The third-order valence-corrected chi connectivity index (χ3v) is 4.28. The van der Waals surface area contributed by atoms with E-state index in [9.17, 15) is 14.4 Å². The second kappa shape index (κ2) is 6.44. The molecule has 1 heterocycles. The van der Waals surface area contributed by atoms with Crippen molar-refractivity contribution >= 4 is 50.9 Å². The normalized spacial score (nSPS) is 18.2. The molecule has 2 rings (SSSR count). The van der Waals surface area contributed by atoms with E-state index in [1.54, 1.807) is 6.08 Å². The molecule has 1 aromatic rings. The summed E-state index contributed by atoms with van der Waals surface area (Å²) in [6, 6.07) is 6.41. The summed E-state index contributed by atoms with van der Waals surface area (Å²) in [5.41, 5.74) is 0.792. The van der Waals surface area contributed by atoms with E-state index >= 15 is 0 Å². The summed E-state index contributed by atoms with van der Waals surface area (Å²) >= 11 is 4.16. The first-order valence-electron chi connectivity index (χ1n) is 6.04. The van der Waals surface area contributed by atoms with E-state index in [-0.39, 0.29) is 4.91 Å². The number of esters is 1. The molecule has 1 atom stereocenters. The highest BCUT2D eigenvalue weighted by molar-refractivity contribution is 9.10. The lowest BCUT2D eigenvalue weighted by atomic mass is 10.2. The van der Waals surface area contributed by atoms with Crippen LogP contribution in [-0.2, 0) is 14.3 Å². The number of carbonyl (C=O) groups excluding carboxylic acids is 3. The first-order valence-corrected chi connectivity index (χ1v) is 7.65. The van der Waals surface area contributed by atoms with Gasteiger partial charge in [-0.2, -0.15) is 0 Å². The summed E-state index contributed by atoms with van der Waals surface area (Å²) in [7, 11) is 1.22. The number of hydrogen-bond donors (Lipinski definition) is 0. The van der Waals surface area contributed by atoms with E-state index in [0.717, 1.165) is 26.7 Å². The summed E-state index contributed by atoms with van der Waals surface area (Å²) in [4.78, 5) is 36.9. The van der Waals surface area contributed by atoms with Crippen molar-refractivity contribution in [1.82, 2.24) is 4.90 Å². The maximum Gasteiger partial charge on any atom is 0.328 e. The third kappa shape index (κ3) is 3.36. The molecule has 0 radical (unpaired) electrons. The standard InChI is InChI=1S/C14H12BrNO4S/c1-8(13(18)20-2)16-12(17)11(21-14(16)19)7-9-4-3-5-10(15)6-9/h3-8H,1-2H3. The maximum atomic E-state index is 12.3. The van der Waals surface area contributed by atoms with Gasteiger partial charge >= 0.3 is 5.97 Å². The van der Waals surface area contributed by atoms with Crippen LogP contribution in [0.25, 0.3) is 6.08 Å². The van der Waals surface area contributed by atoms with Crippen molar-refractivity contribution in [1.29, 1.82) is 0 Å². The minimum atomic E-state index is -0.934. The monoisotopic (exact) mass is 369 g/mol. The molecule has 1 aliphatic rings. The smallest absolute Gasteiger partial charge is 0.328 e. The number of imide groups is 1. The van der Waals surface area contributed by atoms with Crippen LogP contribution in [0.1, 0.15) is 12.5 Å². The summed E-state index contributed by atoms with van der Waals surface area (Å²) in [5.74, 6) is -1.11. The fraction of sp³-hybridized carbons (Fsp3) is 0.214. The number of thioether (sulfide) groups is 1. The Balaban J connectivity index is 2.28. The first-order chi connectivity index (χ1) is 9.93. The van der Waals surface area contributed by atoms with E-state index in [2.05, 4.69) is 20.7 Å². The number of benzene rings is 1. The van der Waals surface area contributed by atoms with Gasteiger partial charge in [0, 0.05) is 4.47 Å². The number of rotatable bonds is 3. The number of halogens is 1. The van der Waals surface area contributed by atoms with Crippen LogP contribution >= 0.6 is 27.7 Å². The lowest BCUT2D eigenvalue weighted by Crippen LogP contribution is -2.42. The number of nitrogens with zero attached hydrogens (tertiary/aromatic N) is 1.